The third kappa shape index (κ3) is 5.61. The first kappa shape index (κ1) is 22.8. The summed E-state index contributed by atoms with van der Waals surface area (Å²) in [6.07, 6.45) is 5.29. The van der Waals surface area contributed by atoms with E-state index in [4.69, 9.17) is 4.74 Å². The monoisotopic (exact) mass is 514 g/mol. The number of likely N-dealkylation sites (N-methyl/N-ethyl adjacent to an activating group) is 1. The van der Waals surface area contributed by atoms with Gasteiger partial charge in [-0.15, -0.1) is 11.3 Å². The summed E-state index contributed by atoms with van der Waals surface area (Å²) >= 11 is 4.30. The highest BCUT2D eigenvalue weighted by atomic mass is 79.9. The van der Waals surface area contributed by atoms with Crippen LogP contribution in [-0.2, 0) is 19.6 Å². The zero-order valence-electron chi connectivity index (χ0n) is 16.5. The van der Waals surface area contributed by atoms with E-state index in [1.54, 1.807) is 30.1 Å². The smallest absolute Gasteiger partial charge is 0.340 e. The summed E-state index contributed by atoms with van der Waals surface area (Å²) in [6.45, 7) is -0.384. The SMILES string of the molecule is CN(C(=O)COC(=O)c1ccccc1NS(=O)(=O)c1ccc(Br)s1)C1CCCCC1. The molecule has 2 aromatic rings. The Labute approximate surface area is 188 Å². The minimum Gasteiger partial charge on any atom is -0.452 e. The van der Waals surface area contributed by atoms with Gasteiger partial charge in [0.15, 0.2) is 6.61 Å². The normalized spacial score (nSPS) is 14.9. The summed E-state index contributed by atoms with van der Waals surface area (Å²) in [5.41, 5.74) is 0.143. The Kier molecular flexibility index (Phi) is 7.54. The first-order chi connectivity index (χ1) is 14.3. The predicted octanol–water partition coefficient (Wildman–Crippen LogP) is 4.26. The maximum atomic E-state index is 12.6. The molecule has 0 aliphatic heterocycles. The van der Waals surface area contributed by atoms with Gasteiger partial charge in [0.05, 0.1) is 15.0 Å². The minimum atomic E-state index is -3.85. The molecular weight excluding hydrogens is 492 g/mol. The van der Waals surface area contributed by atoms with Gasteiger partial charge in [0, 0.05) is 13.1 Å². The van der Waals surface area contributed by atoms with E-state index >= 15 is 0 Å². The van der Waals surface area contributed by atoms with Crippen molar-refractivity contribution in [3.63, 3.8) is 0 Å². The average Bonchev–Trinajstić information content (AvgIpc) is 3.19. The van der Waals surface area contributed by atoms with Crippen molar-refractivity contribution in [3.05, 3.63) is 45.7 Å². The Hall–Kier alpha value is -1.91. The van der Waals surface area contributed by atoms with Gasteiger partial charge in [0.1, 0.15) is 4.21 Å². The fourth-order valence-electron chi connectivity index (χ4n) is 3.37. The summed E-state index contributed by atoms with van der Waals surface area (Å²) in [7, 11) is -2.12. The summed E-state index contributed by atoms with van der Waals surface area (Å²) in [5, 5.41) is 0. The zero-order chi connectivity index (χ0) is 21.7. The molecule has 0 atom stereocenters. The van der Waals surface area contributed by atoms with Crippen LogP contribution in [0.3, 0.4) is 0 Å². The highest BCUT2D eigenvalue weighted by molar-refractivity contribution is 9.11. The number of esters is 1. The molecule has 162 valence electrons. The molecule has 10 heteroatoms. The number of nitrogens with one attached hydrogen (secondary N) is 1. The molecule has 0 saturated heterocycles. The van der Waals surface area contributed by atoms with Crippen molar-refractivity contribution in [2.24, 2.45) is 0 Å². The lowest BCUT2D eigenvalue weighted by Gasteiger charge is -2.31. The second-order valence-electron chi connectivity index (χ2n) is 7.08. The molecule has 30 heavy (non-hydrogen) atoms. The standard InChI is InChI=1S/C20H23BrN2O5S2/c1-23(14-7-3-2-4-8-14)18(24)13-28-20(25)15-9-5-6-10-16(15)22-30(26,27)19-12-11-17(21)29-19/h5-6,9-12,14,22H,2-4,7-8,13H2,1H3. The van der Waals surface area contributed by atoms with Crippen LogP contribution in [0.2, 0.25) is 0 Å². The van der Waals surface area contributed by atoms with E-state index in [0.717, 1.165) is 37.0 Å². The number of para-hydroxylation sites is 1. The molecule has 1 aromatic heterocycles. The number of sulfonamides is 1. The van der Waals surface area contributed by atoms with Crippen molar-refractivity contribution in [2.45, 2.75) is 42.4 Å². The number of ether oxygens (including phenoxy) is 1. The number of hydrogen-bond donors (Lipinski definition) is 1. The molecule has 1 saturated carbocycles. The van der Waals surface area contributed by atoms with Crippen molar-refractivity contribution < 1.29 is 22.7 Å². The third-order valence-corrected chi connectivity index (χ3v) is 8.53. The van der Waals surface area contributed by atoms with Gasteiger partial charge in [-0.1, -0.05) is 31.4 Å². The first-order valence-electron chi connectivity index (χ1n) is 9.58. The van der Waals surface area contributed by atoms with E-state index in [9.17, 15) is 18.0 Å². The molecule has 1 aliphatic rings. The number of rotatable bonds is 7. The van der Waals surface area contributed by atoms with Gasteiger partial charge >= 0.3 is 5.97 Å². The number of nitrogens with zero attached hydrogens (tertiary/aromatic N) is 1. The van der Waals surface area contributed by atoms with E-state index in [0.29, 0.717) is 3.79 Å². The molecule has 0 spiro atoms. The Bertz CT molecular complexity index is 1020. The topological polar surface area (TPSA) is 92.8 Å². The van der Waals surface area contributed by atoms with Gasteiger partial charge in [0.25, 0.3) is 15.9 Å². The molecule has 1 fully saturated rings. The molecule has 1 aliphatic carbocycles. The lowest BCUT2D eigenvalue weighted by atomic mass is 9.94. The number of hydrogen-bond acceptors (Lipinski definition) is 6. The molecule has 1 aromatic carbocycles. The molecule has 3 rings (SSSR count). The molecule has 0 radical (unpaired) electrons. The molecular formula is C20H23BrN2O5S2. The van der Waals surface area contributed by atoms with Gasteiger partial charge in [-0.25, -0.2) is 13.2 Å². The van der Waals surface area contributed by atoms with Gasteiger partial charge in [0.2, 0.25) is 0 Å². The van der Waals surface area contributed by atoms with Crippen LogP contribution in [0.15, 0.2) is 44.4 Å². The number of carbonyl (C=O) groups excluding carboxylic acids is 2. The van der Waals surface area contributed by atoms with E-state index in [2.05, 4.69) is 20.7 Å². The van der Waals surface area contributed by atoms with Gasteiger partial charge < -0.3 is 9.64 Å². The van der Waals surface area contributed by atoms with Crippen molar-refractivity contribution >= 4 is 54.9 Å². The van der Waals surface area contributed by atoms with Crippen molar-refractivity contribution in [2.75, 3.05) is 18.4 Å². The second-order valence-corrected chi connectivity index (χ2v) is 11.5. The summed E-state index contributed by atoms with van der Waals surface area (Å²) in [6, 6.07) is 9.43. The van der Waals surface area contributed by atoms with Crippen LogP contribution in [0.4, 0.5) is 5.69 Å². The molecule has 1 amide bonds. The summed E-state index contributed by atoms with van der Waals surface area (Å²) in [5.74, 6) is -1.03. The number of benzene rings is 1. The van der Waals surface area contributed by atoms with E-state index < -0.39 is 16.0 Å². The largest absolute Gasteiger partial charge is 0.452 e. The van der Waals surface area contributed by atoms with Crippen LogP contribution in [0.5, 0.6) is 0 Å². The van der Waals surface area contributed by atoms with E-state index in [1.807, 2.05) is 0 Å². The molecule has 7 nitrogen and oxygen atoms in total. The number of halogens is 1. The van der Waals surface area contributed by atoms with E-state index in [-0.39, 0.29) is 34.0 Å². The maximum Gasteiger partial charge on any atom is 0.340 e. The summed E-state index contributed by atoms with van der Waals surface area (Å²) in [4.78, 5) is 26.6. The highest BCUT2D eigenvalue weighted by Gasteiger charge is 2.24. The van der Waals surface area contributed by atoms with Crippen LogP contribution < -0.4 is 4.72 Å². The number of anilines is 1. The molecule has 1 N–H and O–H groups in total. The van der Waals surface area contributed by atoms with Gasteiger partial charge in [-0.05, 0) is 53.0 Å². The van der Waals surface area contributed by atoms with Crippen LogP contribution in [0, 0.1) is 0 Å². The maximum absolute atomic E-state index is 12.6. The van der Waals surface area contributed by atoms with Crippen molar-refractivity contribution in [1.82, 2.24) is 4.90 Å². The first-order valence-corrected chi connectivity index (χ1v) is 12.7. The van der Waals surface area contributed by atoms with Crippen LogP contribution in [-0.4, -0.2) is 44.9 Å². The van der Waals surface area contributed by atoms with E-state index in [1.165, 1.54) is 24.6 Å². The Morgan fingerprint density at radius 2 is 1.87 bits per heavy atom. The Morgan fingerprint density at radius 1 is 1.17 bits per heavy atom. The minimum absolute atomic E-state index is 0.0461. The molecule has 1 heterocycles. The average molecular weight is 515 g/mol. The highest BCUT2D eigenvalue weighted by Crippen LogP contribution is 2.28. The summed E-state index contributed by atoms with van der Waals surface area (Å²) < 4.78 is 33.6. The molecule has 0 bridgehead atoms. The van der Waals surface area contributed by atoms with Gasteiger partial charge in [-0.3, -0.25) is 9.52 Å². The number of thiophene rings is 1. The van der Waals surface area contributed by atoms with Crippen LogP contribution in [0.1, 0.15) is 42.5 Å². The van der Waals surface area contributed by atoms with Crippen molar-refractivity contribution in [1.29, 1.82) is 0 Å². The third-order valence-electron chi connectivity index (χ3n) is 5.05. The lowest BCUT2D eigenvalue weighted by molar-refractivity contribution is -0.135. The van der Waals surface area contributed by atoms with Crippen LogP contribution in [0.25, 0.3) is 0 Å². The molecule has 0 unspecified atom stereocenters. The zero-order valence-corrected chi connectivity index (χ0v) is 19.7. The Morgan fingerprint density at radius 3 is 2.53 bits per heavy atom. The fourth-order valence-corrected chi connectivity index (χ4v) is 6.46. The van der Waals surface area contributed by atoms with Crippen molar-refractivity contribution in [3.8, 4) is 0 Å². The predicted molar refractivity (Wildman–Crippen MR) is 119 cm³/mol. The second kappa shape index (κ2) is 9.93. The quantitative estimate of drug-likeness (QED) is 0.557. The van der Waals surface area contributed by atoms with Gasteiger partial charge in [-0.2, -0.15) is 0 Å². The number of amides is 1. The number of carbonyl (C=O) groups is 2. The Balaban J connectivity index is 1.66. The lowest BCUT2D eigenvalue weighted by Crippen LogP contribution is -2.40. The van der Waals surface area contributed by atoms with Crippen LogP contribution >= 0.6 is 27.3 Å². The fraction of sp³-hybridized carbons (Fsp3) is 0.400.